The van der Waals surface area contributed by atoms with Gasteiger partial charge >= 0.3 is 0 Å². The van der Waals surface area contributed by atoms with Crippen molar-refractivity contribution in [1.82, 2.24) is 10.2 Å². The molecule has 2 atom stereocenters. The van der Waals surface area contributed by atoms with E-state index in [2.05, 4.69) is 24.1 Å². The summed E-state index contributed by atoms with van der Waals surface area (Å²) >= 11 is 0. The number of likely N-dealkylation sites (N-methyl/N-ethyl adjacent to an activating group) is 1. The molecule has 1 aliphatic carbocycles. The molecule has 1 aliphatic rings. The van der Waals surface area contributed by atoms with Crippen molar-refractivity contribution >= 4 is 5.91 Å². The molecule has 0 saturated heterocycles. The van der Waals surface area contributed by atoms with Crippen LogP contribution >= 0.6 is 0 Å². The zero-order chi connectivity index (χ0) is 15.2. The molecule has 4 heteroatoms. The Bertz CT molecular complexity index is 306. The molecule has 0 radical (unpaired) electrons. The molecular weight excluding hydrogens is 250 g/mol. The molecule has 0 aliphatic heterocycles. The van der Waals surface area contributed by atoms with Crippen molar-refractivity contribution in [3.63, 3.8) is 0 Å². The first-order chi connectivity index (χ1) is 9.43. The lowest BCUT2D eigenvalue weighted by atomic mass is 9.75. The predicted molar refractivity (Wildman–Crippen MR) is 84.6 cm³/mol. The van der Waals surface area contributed by atoms with Crippen molar-refractivity contribution in [2.75, 3.05) is 19.6 Å². The molecule has 1 saturated carbocycles. The van der Waals surface area contributed by atoms with E-state index in [0.717, 1.165) is 19.0 Å². The van der Waals surface area contributed by atoms with Crippen LogP contribution in [0.1, 0.15) is 59.8 Å². The number of carbonyl (C=O) groups is 1. The van der Waals surface area contributed by atoms with Gasteiger partial charge in [-0.25, -0.2) is 0 Å². The molecule has 3 N–H and O–H groups in total. The Kier molecular flexibility index (Phi) is 6.96. The third-order valence-corrected chi connectivity index (χ3v) is 4.56. The monoisotopic (exact) mass is 283 g/mol. The summed E-state index contributed by atoms with van der Waals surface area (Å²) in [5.74, 6) is 0.889. The van der Waals surface area contributed by atoms with Crippen LogP contribution in [-0.2, 0) is 4.79 Å². The van der Waals surface area contributed by atoms with E-state index in [4.69, 9.17) is 5.73 Å². The van der Waals surface area contributed by atoms with Crippen molar-refractivity contribution in [1.29, 1.82) is 0 Å². The first kappa shape index (κ1) is 17.4. The van der Waals surface area contributed by atoms with Crippen LogP contribution in [-0.4, -0.2) is 42.0 Å². The largest absolute Gasteiger partial charge is 0.354 e. The molecule has 0 spiro atoms. The van der Waals surface area contributed by atoms with Crippen molar-refractivity contribution < 1.29 is 4.79 Å². The third-order valence-electron chi connectivity index (χ3n) is 4.56. The summed E-state index contributed by atoms with van der Waals surface area (Å²) in [6.45, 7) is 11.0. The maximum atomic E-state index is 11.8. The van der Waals surface area contributed by atoms with E-state index >= 15 is 0 Å². The van der Waals surface area contributed by atoms with E-state index < -0.39 is 0 Å². The molecule has 4 nitrogen and oxygen atoms in total. The fourth-order valence-corrected chi connectivity index (χ4v) is 3.60. The van der Waals surface area contributed by atoms with E-state index in [9.17, 15) is 4.79 Å². The van der Waals surface area contributed by atoms with Crippen LogP contribution in [0.5, 0.6) is 0 Å². The molecular formula is C16H33N3O. The summed E-state index contributed by atoms with van der Waals surface area (Å²) in [6.07, 6.45) is 5.49. The third kappa shape index (κ3) is 4.74. The second kappa shape index (κ2) is 7.99. The minimum absolute atomic E-state index is 0.116. The van der Waals surface area contributed by atoms with Crippen LogP contribution < -0.4 is 11.1 Å². The zero-order valence-corrected chi connectivity index (χ0v) is 13.7. The molecule has 2 unspecified atom stereocenters. The lowest BCUT2D eigenvalue weighted by Gasteiger charge is -2.47. The van der Waals surface area contributed by atoms with Crippen molar-refractivity contribution in [2.45, 2.75) is 71.4 Å². The van der Waals surface area contributed by atoms with Crippen LogP contribution in [0, 0.1) is 5.92 Å². The van der Waals surface area contributed by atoms with Gasteiger partial charge < -0.3 is 11.1 Å². The highest BCUT2D eigenvalue weighted by Gasteiger charge is 2.38. The van der Waals surface area contributed by atoms with Gasteiger partial charge in [-0.3, -0.25) is 9.69 Å². The van der Waals surface area contributed by atoms with Gasteiger partial charge in [0.25, 0.3) is 0 Å². The van der Waals surface area contributed by atoms with Gasteiger partial charge in [-0.15, -0.1) is 0 Å². The Morgan fingerprint density at radius 1 is 1.50 bits per heavy atom. The van der Waals surface area contributed by atoms with E-state index in [1.807, 2.05) is 13.8 Å². The molecule has 0 bridgehead atoms. The molecule has 20 heavy (non-hydrogen) atoms. The van der Waals surface area contributed by atoms with Gasteiger partial charge in [0.2, 0.25) is 5.91 Å². The highest BCUT2D eigenvalue weighted by atomic mass is 16.1. The van der Waals surface area contributed by atoms with Crippen LogP contribution in [0.15, 0.2) is 0 Å². The highest BCUT2D eigenvalue weighted by Crippen LogP contribution is 2.36. The summed E-state index contributed by atoms with van der Waals surface area (Å²) in [5.41, 5.74) is 6.24. The van der Waals surface area contributed by atoms with Crippen LogP contribution in [0.2, 0.25) is 0 Å². The topological polar surface area (TPSA) is 58.4 Å². The minimum Gasteiger partial charge on any atom is -0.354 e. The molecule has 0 heterocycles. The molecule has 1 fully saturated rings. The SMILES string of the molecule is CCN(CCC(=O)NC(C)C)C1(CN)CCCC(C)C1. The van der Waals surface area contributed by atoms with E-state index in [1.165, 1.54) is 25.7 Å². The summed E-state index contributed by atoms with van der Waals surface area (Å²) in [5, 5.41) is 2.97. The van der Waals surface area contributed by atoms with Gasteiger partial charge in [-0.1, -0.05) is 26.7 Å². The quantitative estimate of drug-likeness (QED) is 0.752. The number of nitrogens with two attached hydrogens (primary N) is 1. The molecule has 0 aromatic rings. The van der Waals surface area contributed by atoms with E-state index in [0.29, 0.717) is 13.0 Å². The standard InChI is InChI=1S/C16H33N3O/c1-5-19(10-8-15(20)18-13(2)3)16(12-17)9-6-7-14(4)11-16/h13-14H,5-12,17H2,1-4H3,(H,18,20). The fraction of sp³-hybridized carbons (Fsp3) is 0.938. The van der Waals surface area contributed by atoms with Crippen molar-refractivity contribution in [3.05, 3.63) is 0 Å². The number of carbonyl (C=O) groups excluding carboxylic acids is 1. The highest BCUT2D eigenvalue weighted by molar-refractivity contribution is 5.76. The minimum atomic E-state index is 0.116. The van der Waals surface area contributed by atoms with Crippen LogP contribution in [0.4, 0.5) is 0 Å². The van der Waals surface area contributed by atoms with E-state index in [-0.39, 0.29) is 17.5 Å². The number of hydrogen-bond acceptors (Lipinski definition) is 3. The smallest absolute Gasteiger partial charge is 0.221 e. The maximum absolute atomic E-state index is 11.8. The van der Waals surface area contributed by atoms with Crippen molar-refractivity contribution in [3.8, 4) is 0 Å². The molecule has 1 amide bonds. The number of nitrogens with one attached hydrogen (secondary N) is 1. The van der Waals surface area contributed by atoms with Crippen LogP contribution in [0.25, 0.3) is 0 Å². The number of nitrogens with zero attached hydrogens (tertiary/aromatic N) is 1. The van der Waals surface area contributed by atoms with Gasteiger partial charge in [-0.2, -0.15) is 0 Å². The molecule has 0 aromatic heterocycles. The molecule has 118 valence electrons. The second-order valence-corrected chi connectivity index (χ2v) is 6.68. The molecule has 0 aromatic carbocycles. The Morgan fingerprint density at radius 3 is 2.70 bits per heavy atom. The average Bonchev–Trinajstić information content (AvgIpc) is 2.38. The number of hydrogen-bond donors (Lipinski definition) is 2. The number of amides is 1. The number of rotatable bonds is 7. The average molecular weight is 283 g/mol. The summed E-state index contributed by atoms with van der Waals surface area (Å²) in [4.78, 5) is 14.3. The van der Waals surface area contributed by atoms with Gasteiger partial charge in [0.15, 0.2) is 0 Å². The normalized spacial score (nSPS) is 27.1. The Morgan fingerprint density at radius 2 is 2.20 bits per heavy atom. The van der Waals surface area contributed by atoms with E-state index in [1.54, 1.807) is 0 Å². The fourth-order valence-electron chi connectivity index (χ4n) is 3.60. The Balaban J connectivity index is 2.60. The van der Waals surface area contributed by atoms with Gasteiger partial charge in [0.05, 0.1) is 0 Å². The Labute approximate surface area is 124 Å². The second-order valence-electron chi connectivity index (χ2n) is 6.68. The maximum Gasteiger partial charge on any atom is 0.221 e. The van der Waals surface area contributed by atoms with Gasteiger partial charge in [0, 0.05) is 31.1 Å². The van der Waals surface area contributed by atoms with Gasteiger partial charge in [0.1, 0.15) is 0 Å². The van der Waals surface area contributed by atoms with Crippen LogP contribution in [0.3, 0.4) is 0 Å². The summed E-state index contributed by atoms with van der Waals surface area (Å²) in [6, 6.07) is 0.218. The zero-order valence-electron chi connectivity index (χ0n) is 13.7. The van der Waals surface area contributed by atoms with Gasteiger partial charge in [-0.05, 0) is 39.2 Å². The predicted octanol–water partition coefficient (Wildman–Crippen LogP) is 2.13. The lowest BCUT2D eigenvalue weighted by Crippen LogP contribution is -2.56. The van der Waals surface area contributed by atoms with Crippen molar-refractivity contribution in [2.24, 2.45) is 11.7 Å². The summed E-state index contributed by atoms with van der Waals surface area (Å²) in [7, 11) is 0. The summed E-state index contributed by atoms with van der Waals surface area (Å²) < 4.78 is 0. The Hall–Kier alpha value is -0.610. The first-order valence-electron chi connectivity index (χ1n) is 8.18. The lowest BCUT2D eigenvalue weighted by molar-refractivity contribution is -0.122. The first-order valence-corrected chi connectivity index (χ1v) is 8.18. The molecule has 1 rings (SSSR count).